The van der Waals surface area contributed by atoms with E-state index in [-0.39, 0.29) is 36.7 Å². The van der Waals surface area contributed by atoms with Gasteiger partial charge in [-0.1, -0.05) is 66.7 Å². The van der Waals surface area contributed by atoms with Crippen molar-refractivity contribution in [3.05, 3.63) is 90.0 Å². The largest absolute Gasteiger partial charge is 0.448 e. The van der Waals surface area contributed by atoms with Gasteiger partial charge in [0, 0.05) is 19.5 Å². The van der Waals surface area contributed by atoms with Crippen LogP contribution in [0.2, 0.25) is 0 Å². The van der Waals surface area contributed by atoms with E-state index in [1.54, 1.807) is 25.2 Å². The lowest BCUT2D eigenvalue weighted by Gasteiger charge is -2.19. The summed E-state index contributed by atoms with van der Waals surface area (Å²) in [5, 5.41) is 0. The molecule has 0 heterocycles. The summed E-state index contributed by atoms with van der Waals surface area (Å²) in [7, 11) is -2.06. The van der Waals surface area contributed by atoms with Crippen LogP contribution >= 0.6 is 0 Å². The van der Waals surface area contributed by atoms with E-state index >= 15 is 0 Å². The van der Waals surface area contributed by atoms with Crippen LogP contribution in [0, 0.1) is 0 Å². The molecule has 49 heavy (non-hydrogen) atoms. The van der Waals surface area contributed by atoms with Gasteiger partial charge in [0.2, 0.25) is 0 Å². The molecular formula is C36H47NO11S. The SMILES string of the molecule is CN(CCOCCOCCOCCOCCOCCOCCOS(=O)(=O)c1ccccc1)C(=O)OCC1c2ccccc2-c2ccccc21. The van der Waals surface area contributed by atoms with Gasteiger partial charge in [0.15, 0.2) is 0 Å². The van der Waals surface area contributed by atoms with Crippen LogP contribution in [0.15, 0.2) is 83.8 Å². The third-order valence-corrected chi connectivity index (χ3v) is 8.90. The van der Waals surface area contributed by atoms with Crippen molar-refractivity contribution in [2.24, 2.45) is 0 Å². The summed E-state index contributed by atoms with van der Waals surface area (Å²) in [6.45, 7) is 5.28. The number of hydrogen-bond acceptors (Lipinski definition) is 11. The molecule has 0 N–H and O–H groups in total. The first-order chi connectivity index (χ1) is 24.0. The number of amides is 1. The minimum atomic E-state index is -3.77. The second-order valence-corrected chi connectivity index (χ2v) is 12.6. The molecule has 0 aromatic heterocycles. The lowest BCUT2D eigenvalue weighted by Crippen LogP contribution is -2.32. The second kappa shape index (κ2) is 21.6. The van der Waals surface area contributed by atoms with E-state index in [9.17, 15) is 13.2 Å². The maximum atomic E-state index is 12.6. The second-order valence-electron chi connectivity index (χ2n) is 11.0. The molecule has 0 aliphatic heterocycles. The van der Waals surface area contributed by atoms with E-state index in [2.05, 4.69) is 24.3 Å². The predicted molar refractivity (Wildman–Crippen MR) is 182 cm³/mol. The van der Waals surface area contributed by atoms with E-state index < -0.39 is 10.1 Å². The summed E-state index contributed by atoms with van der Waals surface area (Å²) >= 11 is 0. The van der Waals surface area contributed by atoms with Crippen molar-refractivity contribution in [3.63, 3.8) is 0 Å². The molecule has 0 atom stereocenters. The zero-order valence-electron chi connectivity index (χ0n) is 28.0. The smallest absolute Gasteiger partial charge is 0.409 e. The van der Waals surface area contributed by atoms with E-state index in [1.165, 1.54) is 39.3 Å². The Hall–Kier alpha value is -3.40. The number of likely N-dealkylation sites (N-methyl/N-ethyl adjacent to an activating group) is 1. The Morgan fingerprint density at radius 3 is 1.47 bits per heavy atom. The van der Waals surface area contributed by atoms with Crippen molar-refractivity contribution in [2.45, 2.75) is 10.8 Å². The van der Waals surface area contributed by atoms with Gasteiger partial charge in [-0.2, -0.15) is 8.42 Å². The Kier molecular flexibility index (Phi) is 17.0. The zero-order chi connectivity index (χ0) is 34.6. The minimum Gasteiger partial charge on any atom is -0.448 e. The van der Waals surface area contributed by atoms with Crippen LogP contribution < -0.4 is 0 Å². The van der Waals surface area contributed by atoms with E-state index in [0.717, 1.165) is 0 Å². The standard InChI is InChI=1S/C36H47NO11S/c1-37(36(38)47-29-35-33-13-7-5-11-31(33)32-12-6-8-14-34(32)35)15-16-41-17-18-42-19-20-43-21-22-44-23-24-45-25-26-46-27-28-48-49(39,40)30-9-3-2-4-10-30/h2-14,35H,15-29H2,1H3. The Labute approximate surface area is 289 Å². The summed E-state index contributed by atoms with van der Waals surface area (Å²) in [4.78, 5) is 14.2. The highest BCUT2D eigenvalue weighted by Gasteiger charge is 2.29. The van der Waals surface area contributed by atoms with Crippen molar-refractivity contribution >= 4 is 16.2 Å². The van der Waals surface area contributed by atoms with Crippen LogP contribution in [0.5, 0.6) is 0 Å². The molecular weight excluding hydrogens is 654 g/mol. The van der Waals surface area contributed by atoms with E-state index in [1.807, 2.05) is 24.3 Å². The number of fused-ring (bicyclic) bond motifs is 3. The van der Waals surface area contributed by atoms with Crippen LogP contribution in [0.1, 0.15) is 17.0 Å². The van der Waals surface area contributed by atoms with Gasteiger partial charge in [-0.25, -0.2) is 4.79 Å². The normalized spacial score (nSPS) is 12.5. The molecule has 0 unspecified atom stereocenters. The third-order valence-electron chi connectivity index (χ3n) is 7.58. The molecule has 3 aromatic carbocycles. The van der Waals surface area contributed by atoms with Crippen molar-refractivity contribution in [1.82, 2.24) is 4.90 Å². The molecule has 1 aliphatic carbocycles. The highest BCUT2D eigenvalue weighted by molar-refractivity contribution is 7.86. The van der Waals surface area contributed by atoms with Crippen LogP contribution in [-0.2, 0) is 47.5 Å². The molecule has 0 saturated heterocycles. The van der Waals surface area contributed by atoms with Crippen molar-refractivity contribution < 1.29 is 50.6 Å². The lowest BCUT2D eigenvalue weighted by molar-refractivity contribution is -0.0182. The Balaban J connectivity index is 0.880. The summed E-state index contributed by atoms with van der Waals surface area (Å²) in [5.41, 5.74) is 4.77. The van der Waals surface area contributed by atoms with Gasteiger partial charge in [-0.05, 0) is 34.4 Å². The van der Waals surface area contributed by atoms with Gasteiger partial charge in [-0.15, -0.1) is 0 Å². The first kappa shape index (κ1) is 38.4. The number of carbonyl (C=O) groups excluding carboxylic acids is 1. The van der Waals surface area contributed by atoms with Crippen LogP contribution in [-0.4, -0.2) is 125 Å². The fourth-order valence-corrected chi connectivity index (χ4v) is 5.97. The van der Waals surface area contributed by atoms with Gasteiger partial charge in [0.1, 0.15) is 6.61 Å². The van der Waals surface area contributed by atoms with E-state index in [0.29, 0.717) is 79.2 Å². The molecule has 0 bridgehead atoms. The van der Waals surface area contributed by atoms with Gasteiger partial charge >= 0.3 is 6.09 Å². The number of ether oxygens (including phenoxy) is 7. The van der Waals surface area contributed by atoms with Crippen molar-refractivity contribution in [3.8, 4) is 11.1 Å². The average Bonchev–Trinajstić information content (AvgIpc) is 3.44. The number of carbonyl (C=O) groups is 1. The molecule has 4 rings (SSSR count). The van der Waals surface area contributed by atoms with Crippen LogP contribution in [0.25, 0.3) is 11.1 Å². The molecule has 1 amide bonds. The minimum absolute atomic E-state index is 0.0307. The Bertz CT molecular complexity index is 1440. The summed E-state index contributed by atoms with van der Waals surface area (Å²) < 4.78 is 67.4. The van der Waals surface area contributed by atoms with Gasteiger partial charge < -0.3 is 38.1 Å². The number of hydrogen-bond donors (Lipinski definition) is 0. The molecule has 0 spiro atoms. The lowest BCUT2D eigenvalue weighted by atomic mass is 9.98. The summed E-state index contributed by atoms with van der Waals surface area (Å²) in [5.74, 6) is 0.0307. The summed E-state index contributed by atoms with van der Waals surface area (Å²) in [6, 6.07) is 24.5. The quantitative estimate of drug-likeness (QED) is 0.0923. The Morgan fingerprint density at radius 1 is 0.571 bits per heavy atom. The maximum Gasteiger partial charge on any atom is 0.409 e. The molecule has 0 fully saturated rings. The topological polar surface area (TPSA) is 128 Å². The fourth-order valence-electron chi connectivity index (χ4n) is 5.06. The van der Waals surface area contributed by atoms with Crippen molar-refractivity contribution in [1.29, 1.82) is 0 Å². The maximum absolute atomic E-state index is 12.6. The third kappa shape index (κ3) is 13.1. The number of benzene rings is 3. The van der Waals surface area contributed by atoms with Gasteiger partial charge in [0.05, 0.1) is 90.8 Å². The van der Waals surface area contributed by atoms with Crippen LogP contribution in [0.4, 0.5) is 4.79 Å². The predicted octanol–water partition coefficient (Wildman–Crippen LogP) is 4.37. The molecule has 13 heteroatoms. The molecule has 0 radical (unpaired) electrons. The highest BCUT2D eigenvalue weighted by atomic mass is 32.2. The number of nitrogens with zero attached hydrogens (tertiary/aromatic N) is 1. The van der Waals surface area contributed by atoms with Crippen molar-refractivity contribution in [2.75, 3.05) is 106 Å². The van der Waals surface area contributed by atoms with E-state index in [4.69, 9.17) is 37.3 Å². The van der Waals surface area contributed by atoms with Gasteiger partial charge in [-0.3, -0.25) is 4.18 Å². The molecule has 12 nitrogen and oxygen atoms in total. The zero-order valence-corrected chi connectivity index (χ0v) is 28.9. The molecule has 0 saturated carbocycles. The molecule has 3 aromatic rings. The number of rotatable bonds is 25. The monoisotopic (exact) mass is 701 g/mol. The highest BCUT2D eigenvalue weighted by Crippen LogP contribution is 2.44. The van der Waals surface area contributed by atoms with Crippen LogP contribution in [0.3, 0.4) is 0 Å². The molecule has 1 aliphatic rings. The molecule has 268 valence electrons. The first-order valence-electron chi connectivity index (χ1n) is 16.4. The first-order valence-corrected chi connectivity index (χ1v) is 17.9. The Morgan fingerprint density at radius 2 is 0.980 bits per heavy atom. The average molecular weight is 702 g/mol. The fraction of sp³-hybridized carbons (Fsp3) is 0.472. The summed E-state index contributed by atoms with van der Waals surface area (Å²) in [6.07, 6.45) is -0.375. The van der Waals surface area contributed by atoms with Gasteiger partial charge in [0.25, 0.3) is 10.1 Å².